The fourth-order valence-corrected chi connectivity index (χ4v) is 4.24. The Morgan fingerprint density at radius 2 is 2.17 bits per heavy atom. The van der Waals surface area contributed by atoms with Crippen molar-refractivity contribution in [2.45, 2.75) is 30.6 Å². The van der Waals surface area contributed by atoms with Gasteiger partial charge in [0.1, 0.15) is 5.25 Å². The third kappa shape index (κ3) is 2.65. The lowest BCUT2D eigenvalue weighted by atomic mass is 10.1. The smallest absolute Gasteiger partial charge is 0.241 e. The van der Waals surface area contributed by atoms with Gasteiger partial charge in [0.25, 0.3) is 0 Å². The van der Waals surface area contributed by atoms with Crippen LogP contribution in [0.1, 0.15) is 19.3 Å². The molecule has 0 N–H and O–H groups in total. The average Bonchev–Trinajstić information content (AvgIpc) is 2.37. The molecule has 7 heteroatoms. The van der Waals surface area contributed by atoms with Crippen molar-refractivity contribution in [2.75, 3.05) is 25.4 Å². The molecule has 2 aliphatic heterocycles. The lowest BCUT2D eigenvalue weighted by Gasteiger charge is -2.33. The lowest BCUT2D eigenvalue weighted by Crippen LogP contribution is -2.51. The van der Waals surface area contributed by atoms with Crippen molar-refractivity contribution in [1.29, 1.82) is 5.26 Å². The van der Waals surface area contributed by atoms with Crippen molar-refractivity contribution in [2.24, 2.45) is 0 Å². The molecule has 2 atom stereocenters. The second-order valence-corrected chi connectivity index (χ2v) is 6.93. The van der Waals surface area contributed by atoms with E-state index in [0.29, 0.717) is 19.4 Å². The van der Waals surface area contributed by atoms with Crippen LogP contribution in [0.4, 0.5) is 0 Å². The van der Waals surface area contributed by atoms with Crippen molar-refractivity contribution >= 4 is 15.7 Å². The highest BCUT2D eigenvalue weighted by atomic mass is 32.2. The van der Waals surface area contributed by atoms with E-state index in [1.807, 2.05) is 6.07 Å². The van der Waals surface area contributed by atoms with Crippen LogP contribution in [0.2, 0.25) is 0 Å². The summed E-state index contributed by atoms with van der Waals surface area (Å²) in [5.41, 5.74) is 0. The van der Waals surface area contributed by atoms with Gasteiger partial charge < -0.3 is 9.64 Å². The van der Waals surface area contributed by atoms with Gasteiger partial charge in [-0.3, -0.25) is 4.79 Å². The molecule has 0 bridgehead atoms. The highest BCUT2D eigenvalue weighted by molar-refractivity contribution is 7.92. The zero-order valence-electron chi connectivity index (χ0n) is 10.0. The molecule has 2 saturated heterocycles. The molecule has 0 radical (unpaired) electrons. The van der Waals surface area contributed by atoms with Crippen LogP contribution >= 0.6 is 0 Å². The zero-order chi connectivity index (χ0) is 13.2. The maximum atomic E-state index is 12.2. The van der Waals surface area contributed by atoms with Crippen LogP contribution < -0.4 is 0 Å². The van der Waals surface area contributed by atoms with Crippen LogP contribution in [0, 0.1) is 11.3 Å². The summed E-state index contributed by atoms with van der Waals surface area (Å²) in [5.74, 6) is -0.270. The molecule has 0 aromatic carbocycles. The highest BCUT2D eigenvalue weighted by Crippen LogP contribution is 2.22. The van der Waals surface area contributed by atoms with E-state index in [2.05, 4.69) is 0 Å². The molecule has 1 amide bonds. The molecule has 6 nitrogen and oxygen atoms in total. The number of amides is 1. The molecule has 18 heavy (non-hydrogen) atoms. The topological polar surface area (TPSA) is 87.5 Å². The maximum Gasteiger partial charge on any atom is 0.241 e. The van der Waals surface area contributed by atoms with Gasteiger partial charge in [0.05, 0.1) is 25.0 Å². The minimum Gasteiger partial charge on any atom is -0.360 e. The Kier molecular flexibility index (Phi) is 3.88. The van der Waals surface area contributed by atoms with Crippen LogP contribution in [0.3, 0.4) is 0 Å². The molecule has 2 rings (SSSR count). The Bertz CT molecular complexity index is 468. The summed E-state index contributed by atoms with van der Waals surface area (Å²) < 4.78 is 28.9. The van der Waals surface area contributed by atoms with Gasteiger partial charge in [0, 0.05) is 6.54 Å². The summed E-state index contributed by atoms with van der Waals surface area (Å²) in [6.45, 7) is 0.821. The number of rotatable bonds is 1. The van der Waals surface area contributed by atoms with E-state index in [1.165, 1.54) is 4.90 Å². The molecular formula is C11H16N2O4S. The van der Waals surface area contributed by atoms with Crippen molar-refractivity contribution in [1.82, 2.24) is 4.90 Å². The van der Waals surface area contributed by atoms with E-state index < -0.39 is 21.2 Å². The molecule has 0 aliphatic carbocycles. The van der Waals surface area contributed by atoms with Gasteiger partial charge in [-0.1, -0.05) is 6.42 Å². The Hall–Kier alpha value is -1.13. The number of hydrogen-bond donors (Lipinski definition) is 0. The number of morpholine rings is 1. The first kappa shape index (κ1) is 13.3. The minimum atomic E-state index is -3.31. The fraction of sp³-hybridized carbons (Fsp3) is 0.818. The van der Waals surface area contributed by atoms with Crippen LogP contribution in [0.15, 0.2) is 0 Å². The SMILES string of the molecule is N#CC1CN(C(=O)C2CCCCS2(=O)=O)CCO1. The summed E-state index contributed by atoms with van der Waals surface area (Å²) in [6.07, 6.45) is 1.15. The number of ether oxygens (including phenoxy) is 1. The summed E-state index contributed by atoms with van der Waals surface area (Å²) in [5, 5.41) is 7.86. The normalized spacial score (nSPS) is 31.6. The molecule has 2 heterocycles. The van der Waals surface area contributed by atoms with Crippen molar-refractivity contribution < 1.29 is 17.9 Å². The molecule has 0 aromatic heterocycles. The van der Waals surface area contributed by atoms with Crippen molar-refractivity contribution in [3.05, 3.63) is 0 Å². The monoisotopic (exact) mass is 272 g/mol. The number of carbonyl (C=O) groups excluding carboxylic acids is 1. The summed E-state index contributed by atoms with van der Waals surface area (Å²) in [6, 6.07) is 1.95. The fourth-order valence-electron chi connectivity index (χ4n) is 2.36. The van der Waals surface area contributed by atoms with Crippen LogP contribution in [0.25, 0.3) is 0 Å². The molecule has 2 aliphatic rings. The lowest BCUT2D eigenvalue weighted by molar-refractivity contribution is -0.136. The van der Waals surface area contributed by atoms with E-state index in [4.69, 9.17) is 10.00 Å². The summed E-state index contributed by atoms with van der Waals surface area (Å²) in [7, 11) is -3.31. The Balaban J connectivity index is 2.09. The van der Waals surface area contributed by atoms with E-state index in [-0.39, 0.29) is 24.8 Å². The van der Waals surface area contributed by atoms with Crippen LogP contribution in [-0.4, -0.2) is 56.0 Å². The van der Waals surface area contributed by atoms with Gasteiger partial charge in [-0.15, -0.1) is 0 Å². The first-order valence-corrected chi connectivity index (χ1v) is 7.78. The largest absolute Gasteiger partial charge is 0.360 e. The minimum absolute atomic E-state index is 0.0927. The van der Waals surface area contributed by atoms with Crippen LogP contribution in [-0.2, 0) is 19.4 Å². The van der Waals surface area contributed by atoms with Crippen LogP contribution in [0.5, 0.6) is 0 Å². The Morgan fingerprint density at radius 3 is 2.83 bits per heavy atom. The van der Waals surface area contributed by atoms with Gasteiger partial charge in [-0.2, -0.15) is 5.26 Å². The average molecular weight is 272 g/mol. The maximum absolute atomic E-state index is 12.2. The second kappa shape index (κ2) is 5.24. The van der Waals surface area contributed by atoms with Crippen molar-refractivity contribution in [3.8, 4) is 6.07 Å². The van der Waals surface area contributed by atoms with Gasteiger partial charge in [-0.05, 0) is 12.8 Å². The number of sulfone groups is 1. The van der Waals surface area contributed by atoms with E-state index >= 15 is 0 Å². The Morgan fingerprint density at radius 1 is 1.39 bits per heavy atom. The first-order chi connectivity index (χ1) is 8.54. The van der Waals surface area contributed by atoms with Gasteiger partial charge in [0.2, 0.25) is 5.91 Å². The Labute approximate surface area is 106 Å². The zero-order valence-corrected chi connectivity index (χ0v) is 10.9. The summed E-state index contributed by atoms with van der Waals surface area (Å²) in [4.78, 5) is 13.7. The number of carbonyl (C=O) groups is 1. The van der Waals surface area contributed by atoms with E-state index in [1.54, 1.807) is 0 Å². The molecule has 2 unspecified atom stereocenters. The molecular weight excluding hydrogens is 256 g/mol. The number of nitriles is 1. The predicted octanol–water partition coefficient (Wildman–Crippen LogP) is -0.295. The number of nitrogens with zero attached hydrogens (tertiary/aromatic N) is 2. The highest BCUT2D eigenvalue weighted by Gasteiger charge is 2.38. The third-order valence-electron chi connectivity index (χ3n) is 3.38. The molecule has 2 fully saturated rings. The van der Waals surface area contributed by atoms with E-state index in [0.717, 1.165) is 6.42 Å². The van der Waals surface area contributed by atoms with E-state index in [9.17, 15) is 13.2 Å². The predicted molar refractivity (Wildman–Crippen MR) is 63.4 cm³/mol. The summed E-state index contributed by atoms with van der Waals surface area (Å²) >= 11 is 0. The van der Waals surface area contributed by atoms with Crippen molar-refractivity contribution in [3.63, 3.8) is 0 Å². The van der Waals surface area contributed by atoms with Gasteiger partial charge in [0.15, 0.2) is 15.9 Å². The molecule has 0 spiro atoms. The molecule has 0 saturated carbocycles. The number of hydrogen-bond acceptors (Lipinski definition) is 5. The van der Waals surface area contributed by atoms with Gasteiger partial charge >= 0.3 is 0 Å². The first-order valence-electron chi connectivity index (χ1n) is 6.06. The molecule has 0 aromatic rings. The third-order valence-corrected chi connectivity index (χ3v) is 5.54. The second-order valence-electron chi connectivity index (χ2n) is 4.62. The quantitative estimate of drug-likeness (QED) is 0.654. The molecule has 100 valence electrons. The van der Waals surface area contributed by atoms with Gasteiger partial charge in [-0.25, -0.2) is 8.42 Å². The standard InChI is InChI=1S/C11H16N2O4S/c12-7-9-8-13(4-5-17-9)11(14)10-3-1-2-6-18(10,15)16/h9-10H,1-6,8H2.